The van der Waals surface area contributed by atoms with Crippen molar-refractivity contribution in [2.24, 2.45) is 0 Å². The number of nitrogens with zero attached hydrogens (tertiary/aromatic N) is 1. The zero-order valence-electron chi connectivity index (χ0n) is 14.1. The summed E-state index contributed by atoms with van der Waals surface area (Å²) in [7, 11) is 2.81. The van der Waals surface area contributed by atoms with Gasteiger partial charge in [-0.15, -0.1) is 0 Å². The van der Waals surface area contributed by atoms with Gasteiger partial charge in [0, 0.05) is 18.2 Å². The predicted octanol–water partition coefficient (Wildman–Crippen LogP) is 4.13. The Morgan fingerprint density at radius 3 is 2.50 bits per heavy atom. The van der Waals surface area contributed by atoms with E-state index in [9.17, 15) is 14.9 Å². The van der Waals surface area contributed by atoms with E-state index in [0.29, 0.717) is 16.0 Å². The van der Waals surface area contributed by atoms with Crippen LogP contribution in [0.2, 0.25) is 0 Å². The number of rotatable bonds is 7. The standard InChI is InChI=1S/C18H16BrNO6/c1-24-16-10-13(5-8-17(21)25-2)9-15(19)18(16)26-11-12-3-6-14(7-4-12)20(22)23/h3-10H,11H2,1-2H3/b8-5+. The molecule has 0 unspecified atom stereocenters. The minimum atomic E-state index is -0.460. The highest BCUT2D eigenvalue weighted by Gasteiger charge is 2.12. The number of hydrogen-bond acceptors (Lipinski definition) is 6. The van der Waals surface area contributed by atoms with Crippen molar-refractivity contribution in [1.29, 1.82) is 0 Å². The molecule has 0 aliphatic heterocycles. The van der Waals surface area contributed by atoms with Crippen molar-refractivity contribution in [3.05, 3.63) is 68.2 Å². The quantitative estimate of drug-likeness (QED) is 0.289. The fourth-order valence-electron chi connectivity index (χ4n) is 2.08. The van der Waals surface area contributed by atoms with Crippen LogP contribution < -0.4 is 9.47 Å². The molecule has 2 aromatic rings. The number of hydrogen-bond donors (Lipinski definition) is 0. The van der Waals surface area contributed by atoms with Gasteiger partial charge in [0.2, 0.25) is 0 Å². The number of carbonyl (C=O) groups is 1. The molecule has 0 heterocycles. The summed E-state index contributed by atoms with van der Waals surface area (Å²) < 4.78 is 16.3. The number of ether oxygens (including phenoxy) is 3. The molecule has 8 heteroatoms. The highest BCUT2D eigenvalue weighted by atomic mass is 79.9. The third-order valence-electron chi connectivity index (χ3n) is 3.40. The predicted molar refractivity (Wildman–Crippen MR) is 99.2 cm³/mol. The van der Waals surface area contributed by atoms with Gasteiger partial charge in [-0.1, -0.05) is 0 Å². The Labute approximate surface area is 158 Å². The fourth-order valence-corrected chi connectivity index (χ4v) is 2.65. The zero-order valence-corrected chi connectivity index (χ0v) is 15.7. The summed E-state index contributed by atoms with van der Waals surface area (Å²) in [6, 6.07) is 9.60. The lowest BCUT2D eigenvalue weighted by molar-refractivity contribution is -0.384. The first-order valence-corrected chi connectivity index (χ1v) is 8.23. The second-order valence-corrected chi connectivity index (χ2v) is 5.96. The van der Waals surface area contributed by atoms with Gasteiger partial charge in [-0.05, 0) is 57.4 Å². The van der Waals surface area contributed by atoms with Crippen molar-refractivity contribution in [3.8, 4) is 11.5 Å². The van der Waals surface area contributed by atoms with Gasteiger partial charge in [-0.2, -0.15) is 0 Å². The molecule has 0 aromatic heterocycles. The summed E-state index contributed by atoms with van der Waals surface area (Å²) in [4.78, 5) is 21.4. The first-order chi connectivity index (χ1) is 12.4. The third kappa shape index (κ3) is 5.06. The Morgan fingerprint density at radius 1 is 1.23 bits per heavy atom. The molecule has 0 aliphatic rings. The van der Waals surface area contributed by atoms with E-state index >= 15 is 0 Å². The molecule has 136 valence electrons. The lowest BCUT2D eigenvalue weighted by Crippen LogP contribution is -1.99. The number of nitro benzene ring substituents is 1. The van der Waals surface area contributed by atoms with Crippen LogP contribution in [0.15, 0.2) is 46.9 Å². The molecule has 0 bridgehead atoms. The Balaban J connectivity index is 2.17. The average molecular weight is 422 g/mol. The number of non-ortho nitro benzene ring substituents is 1. The number of carbonyl (C=O) groups excluding carboxylic acids is 1. The molecule has 26 heavy (non-hydrogen) atoms. The Bertz CT molecular complexity index is 832. The fraction of sp³-hybridized carbons (Fsp3) is 0.167. The largest absolute Gasteiger partial charge is 0.493 e. The molecule has 2 aromatic carbocycles. The van der Waals surface area contributed by atoms with Crippen LogP contribution in [0.4, 0.5) is 5.69 Å². The van der Waals surface area contributed by atoms with Gasteiger partial charge in [-0.3, -0.25) is 10.1 Å². The Hall–Kier alpha value is -2.87. The highest BCUT2D eigenvalue weighted by Crippen LogP contribution is 2.37. The van der Waals surface area contributed by atoms with E-state index in [-0.39, 0.29) is 12.3 Å². The minimum absolute atomic E-state index is 0.0225. The van der Waals surface area contributed by atoms with E-state index in [1.165, 1.54) is 32.4 Å². The molecule has 0 atom stereocenters. The molecule has 0 fully saturated rings. The molecule has 0 radical (unpaired) electrons. The summed E-state index contributed by atoms with van der Waals surface area (Å²) >= 11 is 3.42. The second kappa shape index (κ2) is 9.00. The van der Waals surface area contributed by atoms with Gasteiger partial charge in [0.1, 0.15) is 6.61 Å². The van der Waals surface area contributed by atoms with Gasteiger partial charge in [-0.25, -0.2) is 4.79 Å². The van der Waals surface area contributed by atoms with Crippen LogP contribution in [-0.2, 0) is 16.1 Å². The molecule has 7 nitrogen and oxygen atoms in total. The van der Waals surface area contributed by atoms with Gasteiger partial charge in [0.25, 0.3) is 5.69 Å². The van der Waals surface area contributed by atoms with Gasteiger partial charge in [0.15, 0.2) is 11.5 Å². The highest BCUT2D eigenvalue weighted by molar-refractivity contribution is 9.10. The zero-order chi connectivity index (χ0) is 19.1. The molecule has 0 N–H and O–H groups in total. The number of methoxy groups -OCH3 is 2. The number of benzene rings is 2. The second-order valence-electron chi connectivity index (χ2n) is 5.10. The number of esters is 1. The van der Waals surface area contributed by atoms with E-state index < -0.39 is 10.9 Å². The number of halogens is 1. The van der Waals surface area contributed by atoms with Crippen molar-refractivity contribution in [2.75, 3.05) is 14.2 Å². The first kappa shape index (κ1) is 19.5. The molecule has 0 saturated carbocycles. The van der Waals surface area contributed by atoms with E-state index in [2.05, 4.69) is 20.7 Å². The summed E-state index contributed by atoms with van der Waals surface area (Å²) in [6.07, 6.45) is 2.90. The summed E-state index contributed by atoms with van der Waals surface area (Å²) in [5, 5.41) is 10.7. The monoisotopic (exact) mass is 421 g/mol. The van der Waals surface area contributed by atoms with Crippen molar-refractivity contribution >= 4 is 33.7 Å². The maximum Gasteiger partial charge on any atom is 0.330 e. The van der Waals surface area contributed by atoms with Gasteiger partial charge >= 0.3 is 5.97 Å². The Morgan fingerprint density at radius 2 is 1.92 bits per heavy atom. The van der Waals surface area contributed by atoms with E-state index in [1.54, 1.807) is 30.3 Å². The summed E-state index contributed by atoms with van der Waals surface area (Å²) in [5.41, 5.74) is 1.52. The van der Waals surface area contributed by atoms with Crippen LogP contribution in [0.1, 0.15) is 11.1 Å². The topological polar surface area (TPSA) is 87.9 Å². The van der Waals surface area contributed by atoms with Crippen molar-refractivity contribution < 1.29 is 23.9 Å². The maximum atomic E-state index is 11.2. The van der Waals surface area contributed by atoms with E-state index in [1.807, 2.05) is 0 Å². The van der Waals surface area contributed by atoms with Crippen molar-refractivity contribution in [2.45, 2.75) is 6.61 Å². The number of nitro groups is 1. The normalized spacial score (nSPS) is 10.6. The van der Waals surface area contributed by atoms with E-state index in [4.69, 9.17) is 9.47 Å². The summed E-state index contributed by atoms with van der Waals surface area (Å²) in [5.74, 6) is 0.505. The molecule has 2 rings (SSSR count). The van der Waals surface area contributed by atoms with Gasteiger partial charge < -0.3 is 14.2 Å². The van der Waals surface area contributed by atoms with Crippen molar-refractivity contribution in [3.63, 3.8) is 0 Å². The minimum Gasteiger partial charge on any atom is -0.493 e. The summed E-state index contributed by atoms with van der Waals surface area (Å²) in [6.45, 7) is 0.213. The molecule has 0 spiro atoms. The molecule has 0 aliphatic carbocycles. The molecule has 0 saturated heterocycles. The molecule has 0 amide bonds. The van der Waals surface area contributed by atoms with Crippen LogP contribution in [-0.4, -0.2) is 25.1 Å². The maximum absolute atomic E-state index is 11.2. The van der Waals surface area contributed by atoms with Crippen LogP contribution in [0, 0.1) is 10.1 Å². The molecular weight excluding hydrogens is 406 g/mol. The Kier molecular flexibility index (Phi) is 6.74. The van der Waals surface area contributed by atoms with Crippen LogP contribution in [0.5, 0.6) is 11.5 Å². The van der Waals surface area contributed by atoms with Crippen LogP contribution in [0.3, 0.4) is 0 Å². The smallest absolute Gasteiger partial charge is 0.330 e. The van der Waals surface area contributed by atoms with E-state index in [0.717, 1.165) is 11.1 Å². The van der Waals surface area contributed by atoms with Crippen molar-refractivity contribution in [1.82, 2.24) is 0 Å². The van der Waals surface area contributed by atoms with Gasteiger partial charge in [0.05, 0.1) is 23.6 Å². The van der Waals surface area contributed by atoms with Crippen LogP contribution >= 0.6 is 15.9 Å². The lowest BCUT2D eigenvalue weighted by atomic mass is 10.2. The van der Waals surface area contributed by atoms with Crippen LogP contribution in [0.25, 0.3) is 6.08 Å². The SMILES string of the molecule is COC(=O)/C=C/c1cc(Br)c(OCc2ccc([N+](=O)[O-])cc2)c(OC)c1. The molecular formula is C18H16BrNO6. The first-order valence-electron chi connectivity index (χ1n) is 7.44. The average Bonchev–Trinajstić information content (AvgIpc) is 2.64. The lowest BCUT2D eigenvalue weighted by Gasteiger charge is -2.13. The third-order valence-corrected chi connectivity index (χ3v) is 3.98.